The minimum Gasteiger partial charge on any atom is -0.479 e. The van der Waals surface area contributed by atoms with Crippen LogP contribution >= 0.6 is 0 Å². The van der Waals surface area contributed by atoms with Crippen molar-refractivity contribution < 1.29 is 42.9 Å². The van der Waals surface area contributed by atoms with Crippen LogP contribution in [0.5, 0.6) is 0 Å². The van der Waals surface area contributed by atoms with E-state index in [0.29, 0.717) is 18.5 Å². The average molecular weight is 632 g/mol. The molecule has 0 bridgehead atoms. The van der Waals surface area contributed by atoms with Crippen molar-refractivity contribution >= 4 is 30.0 Å². The maximum atomic E-state index is 14.0. The van der Waals surface area contributed by atoms with Crippen LogP contribution in [0.1, 0.15) is 84.4 Å². The fraction of sp³-hybridized carbons (Fsp3) is 0.613. The predicted molar refractivity (Wildman–Crippen MR) is 158 cm³/mol. The lowest BCUT2D eigenvalue weighted by Crippen LogP contribution is -2.56. The standard InChI is InChI=1S/C31H42FN5O8/c1-18(22-13-12-20(32)16-33-22)34-28(42)44-21-14-24-25(38)36-31(27(40)41)15-19(31)10-8-6-5-7-9-11-23(26(39)37(24)17-21)35-29(43)45-30(2,3)4/h8,10,12-13,16,18-19,21,23-24H,5-7,9,11,14-15,17H2,1-4H3,(H,34,42)(H,35,43)(H,36,38)(H,40,41)/t18-,19+,21+,23-,24-,31+/m0/s1. The molecule has 1 aromatic heterocycles. The molecule has 1 saturated heterocycles. The van der Waals surface area contributed by atoms with E-state index in [0.717, 1.165) is 19.0 Å². The van der Waals surface area contributed by atoms with E-state index in [9.17, 15) is 33.5 Å². The van der Waals surface area contributed by atoms with Crippen LogP contribution in [0.15, 0.2) is 30.5 Å². The Morgan fingerprint density at radius 1 is 1.18 bits per heavy atom. The number of aliphatic carboxylic acids is 1. The molecule has 4 rings (SSSR count). The second kappa shape index (κ2) is 13.8. The molecule has 1 aromatic rings. The molecular weight excluding hydrogens is 589 g/mol. The summed E-state index contributed by atoms with van der Waals surface area (Å²) in [6, 6.07) is -0.195. The van der Waals surface area contributed by atoms with E-state index in [1.165, 1.54) is 17.0 Å². The van der Waals surface area contributed by atoms with E-state index >= 15 is 0 Å². The van der Waals surface area contributed by atoms with Crippen molar-refractivity contribution in [2.24, 2.45) is 5.92 Å². The van der Waals surface area contributed by atoms with Crippen LogP contribution in [0.25, 0.3) is 0 Å². The Hall–Kier alpha value is -4.23. The van der Waals surface area contributed by atoms with Gasteiger partial charge in [0.2, 0.25) is 11.8 Å². The number of carboxylic acids is 1. The molecule has 3 aliphatic rings. The molecule has 2 aliphatic heterocycles. The zero-order chi connectivity index (χ0) is 32.9. The summed E-state index contributed by atoms with van der Waals surface area (Å²) in [5, 5.41) is 17.9. The molecule has 0 spiro atoms. The molecule has 0 unspecified atom stereocenters. The van der Waals surface area contributed by atoms with Crippen molar-refractivity contribution in [3.05, 3.63) is 42.0 Å². The second-order valence-corrected chi connectivity index (χ2v) is 12.9. The summed E-state index contributed by atoms with van der Waals surface area (Å²) in [6.45, 7) is 6.56. The summed E-state index contributed by atoms with van der Waals surface area (Å²) in [6.07, 6.45) is 5.47. The zero-order valence-corrected chi connectivity index (χ0v) is 26.0. The van der Waals surface area contributed by atoms with Gasteiger partial charge in [-0.3, -0.25) is 14.6 Å². The van der Waals surface area contributed by atoms with Crippen molar-refractivity contribution in [3.8, 4) is 0 Å². The van der Waals surface area contributed by atoms with Crippen molar-refractivity contribution in [1.82, 2.24) is 25.8 Å². The Labute approximate surface area is 261 Å². The maximum absolute atomic E-state index is 14.0. The third-order valence-corrected chi connectivity index (χ3v) is 8.11. The summed E-state index contributed by atoms with van der Waals surface area (Å²) in [4.78, 5) is 70.6. The van der Waals surface area contributed by atoms with E-state index in [2.05, 4.69) is 20.9 Å². The molecule has 3 heterocycles. The molecule has 13 nitrogen and oxygen atoms in total. The fourth-order valence-electron chi connectivity index (χ4n) is 5.68. The first-order chi connectivity index (χ1) is 21.2. The van der Waals surface area contributed by atoms with Gasteiger partial charge in [-0.05, 0) is 65.5 Å². The van der Waals surface area contributed by atoms with Gasteiger partial charge in [0.15, 0.2) is 0 Å². The van der Waals surface area contributed by atoms with Crippen LogP contribution in [-0.4, -0.2) is 80.8 Å². The number of hydrogen-bond donors (Lipinski definition) is 4. The number of halogens is 1. The highest BCUT2D eigenvalue weighted by Crippen LogP contribution is 2.45. The Kier molecular flexibility index (Phi) is 10.3. The highest BCUT2D eigenvalue weighted by Gasteiger charge is 2.61. The topological polar surface area (TPSA) is 176 Å². The minimum absolute atomic E-state index is 0.0937. The van der Waals surface area contributed by atoms with Gasteiger partial charge in [-0.1, -0.05) is 25.0 Å². The number of allylic oxidation sites excluding steroid dienone is 1. The number of carbonyl (C=O) groups excluding carboxylic acids is 4. The third kappa shape index (κ3) is 8.70. The Balaban J connectivity index is 1.55. The summed E-state index contributed by atoms with van der Waals surface area (Å²) < 4.78 is 24.2. The quantitative estimate of drug-likeness (QED) is 0.355. The number of carbonyl (C=O) groups is 5. The minimum atomic E-state index is -1.50. The second-order valence-electron chi connectivity index (χ2n) is 12.9. The SMILES string of the molecule is C[C@H](NC(=O)O[C@@H]1C[C@H]2C(=O)N[C@]3(C(=O)O)C[C@H]3C=CCCCCC[C@H](NC(=O)OC(C)(C)C)C(=O)N2C1)c1ccc(F)cn1. The lowest BCUT2D eigenvalue weighted by molar-refractivity contribution is -0.145. The number of pyridine rings is 1. The van der Waals surface area contributed by atoms with Gasteiger partial charge in [-0.25, -0.2) is 18.8 Å². The number of fused-ring (bicyclic) bond motifs is 2. The Morgan fingerprint density at radius 2 is 1.93 bits per heavy atom. The molecule has 1 aliphatic carbocycles. The molecular formula is C31H42FN5O8. The largest absolute Gasteiger partial charge is 0.479 e. The third-order valence-electron chi connectivity index (χ3n) is 8.11. The summed E-state index contributed by atoms with van der Waals surface area (Å²) in [7, 11) is 0. The number of carboxylic acid groups (broad SMARTS) is 1. The van der Waals surface area contributed by atoms with Crippen molar-refractivity contribution in [1.29, 1.82) is 0 Å². The molecule has 45 heavy (non-hydrogen) atoms. The summed E-state index contributed by atoms with van der Waals surface area (Å²) in [5.41, 5.74) is -1.91. The van der Waals surface area contributed by atoms with E-state index in [1.807, 2.05) is 12.2 Å². The van der Waals surface area contributed by atoms with Gasteiger partial charge in [0.25, 0.3) is 0 Å². The van der Waals surface area contributed by atoms with Crippen LogP contribution in [0.2, 0.25) is 0 Å². The monoisotopic (exact) mass is 631 g/mol. The van der Waals surface area contributed by atoms with E-state index < -0.39 is 77.1 Å². The lowest BCUT2D eigenvalue weighted by atomic mass is 10.0. The van der Waals surface area contributed by atoms with Crippen molar-refractivity contribution in [2.75, 3.05) is 6.54 Å². The molecule has 2 fully saturated rings. The normalized spacial score (nSPS) is 27.9. The number of hydrogen-bond acceptors (Lipinski definition) is 8. The Bertz CT molecular complexity index is 1320. The number of rotatable bonds is 5. The van der Waals surface area contributed by atoms with Crippen LogP contribution in [-0.2, 0) is 23.9 Å². The van der Waals surface area contributed by atoms with Gasteiger partial charge >= 0.3 is 18.2 Å². The maximum Gasteiger partial charge on any atom is 0.408 e. The van der Waals surface area contributed by atoms with Gasteiger partial charge in [-0.15, -0.1) is 0 Å². The smallest absolute Gasteiger partial charge is 0.408 e. The van der Waals surface area contributed by atoms with E-state index in [1.54, 1.807) is 27.7 Å². The van der Waals surface area contributed by atoms with Crippen LogP contribution < -0.4 is 16.0 Å². The van der Waals surface area contributed by atoms with Gasteiger partial charge in [0.05, 0.1) is 24.5 Å². The first kappa shape index (κ1) is 33.7. The van der Waals surface area contributed by atoms with Gasteiger partial charge in [0, 0.05) is 12.3 Å². The number of alkyl carbamates (subject to hydrolysis) is 2. The first-order valence-electron chi connectivity index (χ1n) is 15.3. The molecule has 246 valence electrons. The molecule has 4 N–H and O–H groups in total. The first-order valence-corrected chi connectivity index (χ1v) is 15.3. The van der Waals surface area contributed by atoms with Crippen LogP contribution in [0, 0.1) is 11.7 Å². The number of nitrogens with one attached hydrogen (secondary N) is 3. The molecule has 6 atom stereocenters. The molecule has 0 radical (unpaired) electrons. The molecule has 1 saturated carbocycles. The van der Waals surface area contributed by atoms with Crippen molar-refractivity contribution in [2.45, 2.75) is 108 Å². The fourth-order valence-corrected chi connectivity index (χ4v) is 5.68. The molecule has 14 heteroatoms. The average Bonchev–Trinajstić information content (AvgIpc) is 3.48. The van der Waals surface area contributed by atoms with Gasteiger partial charge in [0.1, 0.15) is 35.1 Å². The highest BCUT2D eigenvalue weighted by molar-refractivity contribution is 5.96. The summed E-state index contributed by atoms with van der Waals surface area (Å²) >= 11 is 0. The predicted octanol–water partition coefficient (Wildman–Crippen LogP) is 3.35. The Morgan fingerprint density at radius 3 is 2.60 bits per heavy atom. The van der Waals surface area contributed by atoms with E-state index in [-0.39, 0.29) is 25.8 Å². The summed E-state index contributed by atoms with van der Waals surface area (Å²) in [5.74, 6) is -3.35. The number of ether oxygens (including phenoxy) is 2. The number of amides is 4. The molecule has 0 aromatic carbocycles. The van der Waals surface area contributed by atoms with Gasteiger partial charge < -0.3 is 35.4 Å². The van der Waals surface area contributed by atoms with Crippen LogP contribution in [0.3, 0.4) is 0 Å². The highest BCUT2D eigenvalue weighted by atomic mass is 19.1. The van der Waals surface area contributed by atoms with E-state index in [4.69, 9.17) is 9.47 Å². The number of aromatic nitrogens is 1. The molecule has 4 amide bonds. The number of nitrogens with zero attached hydrogens (tertiary/aromatic N) is 2. The zero-order valence-electron chi connectivity index (χ0n) is 26.0. The van der Waals surface area contributed by atoms with Gasteiger partial charge in [-0.2, -0.15) is 0 Å². The van der Waals surface area contributed by atoms with Crippen LogP contribution in [0.4, 0.5) is 14.0 Å². The van der Waals surface area contributed by atoms with Crippen molar-refractivity contribution in [3.63, 3.8) is 0 Å². The lowest BCUT2D eigenvalue weighted by Gasteiger charge is -2.30.